The molecule has 6 heteroatoms. The second kappa shape index (κ2) is 5.77. The van der Waals surface area contributed by atoms with Crippen LogP contribution in [0.3, 0.4) is 0 Å². The lowest BCUT2D eigenvalue weighted by Crippen LogP contribution is -2.47. The Balaban J connectivity index is 1.63. The molecule has 0 spiro atoms. The van der Waals surface area contributed by atoms with Crippen LogP contribution < -0.4 is 10.6 Å². The average Bonchev–Trinajstić information content (AvgIpc) is 3.41. The van der Waals surface area contributed by atoms with E-state index in [1.807, 2.05) is 25.3 Å². The second-order valence-corrected chi connectivity index (χ2v) is 6.38. The van der Waals surface area contributed by atoms with Gasteiger partial charge in [-0.15, -0.1) is 0 Å². The van der Waals surface area contributed by atoms with Crippen LogP contribution in [0, 0.1) is 6.92 Å². The highest BCUT2D eigenvalue weighted by molar-refractivity contribution is 5.77. The Morgan fingerprint density at radius 3 is 2.48 bits per heavy atom. The van der Waals surface area contributed by atoms with Gasteiger partial charge in [0.15, 0.2) is 0 Å². The number of aromatic nitrogens is 3. The summed E-state index contributed by atoms with van der Waals surface area (Å²) in [6.45, 7) is 6.29. The quantitative estimate of drug-likeness (QED) is 0.930. The Morgan fingerprint density at radius 1 is 1.04 bits per heavy atom. The van der Waals surface area contributed by atoms with Gasteiger partial charge in [0.2, 0.25) is 0 Å². The first-order valence-electron chi connectivity index (χ1n) is 8.25. The third-order valence-corrected chi connectivity index (χ3v) is 4.77. The van der Waals surface area contributed by atoms with Gasteiger partial charge in [-0.05, 0) is 31.9 Å². The number of anilines is 2. The van der Waals surface area contributed by atoms with Gasteiger partial charge >= 0.3 is 0 Å². The van der Waals surface area contributed by atoms with Gasteiger partial charge in [-0.2, -0.15) is 0 Å². The number of nitrogen functional groups attached to an aromatic ring is 1. The van der Waals surface area contributed by atoms with E-state index in [4.69, 9.17) is 5.73 Å². The van der Waals surface area contributed by atoms with Crippen molar-refractivity contribution in [2.75, 3.05) is 36.8 Å². The maximum absolute atomic E-state index is 5.71. The lowest BCUT2D eigenvalue weighted by Gasteiger charge is -2.36. The summed E-state index contributed by atoms with van der Waals surface area (Å²) in [6.07, 6.45) is 6.21. The van der Waals surface area contributed by atoms with Crippen LogP contribution in [-0.2, 0) is 0 Å². The third-order valence-electron chi connectivity index (χ3n) is 4.77. The summed E-state index contributed by atoms with van der Waals surface area (Å²) in [5.41, 5.74) is 8.79. The van der Waals surface area contributed by atoms with E-state index in [1.165, 1.54) is 12.8 Å². The number of aryl methyl sites for hydroxylation is 1. The lowest BCUT2D eigenvalue weighted by molar-refractivity contribution is 0.247. The molecule has 6 nitrogen and oxygen atoms in total. The Bertz CT molecular complexity index is 687. The van der Waals surface area contributed by atoms with Crippen LogP contribution >= 0.6 is 0 Å². The van der Waals surface area contributed by atoms with Gasteiger partial charge < -0.3 is 10.6 Å². The van der Waals surface area contributed by atoms with Gasteiger partial charge in [0.1, 0.15) is 18.0 Å². The number of piperazine rings is 1. The van der Waals surface area contributed by atoms with Crippen LogP contribution in [0.15, 0.2) is 24.7 Å². The molecule has 2 fully saturated rings. The van der Waals surface area contributed by atoms with E-state index in [9.17, 15) is 0 Å². The van der Waals surface area contributed by atoms with Gasteiger partial charge in [-0.1, -0.05) is 0 Å². The molecule has 1 aliphatic heterocycles. The SMILES string of the molecule is Cc1ncnc(N2CCN(C3CC3)CC2)c1-c1ccc(N)nc1. The van der Waals surface area contributed by atoms with Gasteiger partial charge in [-0.25, -0.2) is 15.0 Å². The predicted molar refractivity (Wildman–Crippen MR) is 91.2 cm³/mol. The molecular weight excluding hydrogens is 288 g/mol. The Morgan fingerprint density at radius 2 is 1.83 bits per heavy atom. The number of rotatable bonds is 3. The first-order valence-corrected chi connectivity index (χ1v) is 8.25. The summed E-state index contributed by atoms with van der Waals surface area (Å²) in [4.78, 5) is 18.2. The van der Waals surface area contributed by atoms with E-state index in [-0.39, 0.29) is 0 Å². The van der Waals surface area contributed by atoms with Crippen LogP contribution in [0.1, 0.15) is 18.5 Å². The number of hydrogen-bond acceptors (Lipinski definition) is 6. The Kier molecular flexibility index (Phi) is 3.61. The summed E-state index contributed by atoms with van der Waals surface area (Å²) in [5, 5.41) is 0. The van der Waals surface area contributed by atoms with Gasteiger partial charge in [0.05, 0.1) is 5.69 Å². The number of nitrogens with two attached hydrogens (primary N) is 1. The summed E-state index contributed by atoms with van der Waals surface area (Å²) >= 11 is 0. The molecule has 0 atom stereocenters. The maximum Gasteiger partial charge on any atom is 0.140 e. The fourth-order valence-corrected chi connectivity index (χ4v) is 3.33. The third kappa shape index (κ3) is 2.86. The molecule has 23 heavy (non-hydrogen) atoms. The molecule has 2 aromatic heterocycles. The van der Waals surface area contributed by atoms with Gasteiger partial charge in [0, 0.05) is 49.5 Å². The maximum atomic E-state index is 5.71. The molecule has 1 saturated heterocycles. The molecule has 4 rings (SSSR count). The molecule has 0 amide bonds. The monoisotopic (exact) mass is 310 g/mol. The van der Waals surface area contributed by atoms with E-state index in [1.54, 1.807) is 6.33 Å². The first-order chi connectivity index (χ1) is 11.2. The van der Waals surface area contributed by atoms with Gasteiger partial charge in [-0.3, -0.25) is 4.90 Å². The topological polar surface area (TPSA) is 71.2 Å². The van der Waals surface area contributed by atoms with E-state index in [0.717, 1.165) is 54.9 Å². The van der Waals surface area contributed by atoms with Crippen molar-refractivity contribution in [3.63, 3.8) is 0 Å². The molecule has 0 unspecified atom stereocenters. The number of hydrogen-bond donors (Lipinski definition) is 1. The van der Waals surface area contributed by atoms with Crippen molar-refractivity contribution in [2.24, 2.45) is 0 Å². The number of pyridine rings is 1. The smallest absolute Gasteiger partial charge is 0.140 e. The zero-order chi connectivity index (χ0) is 15.8. The molecule has 2 aromatic rings. The van der Waals surface area contributed by atoms with Crippen molar-refractivity contribution in [3.8, 4) is 11.1 Å². The van der Waals surface area contributed by atoms with Crippen molar-refractivity contribution < 1.29 is 0 Å². The fourth-order valence-electron chi connectivity index (χ4n) is 3.33. The van der Waals surface area contributed by atoms with Crippen molar-refractivity contribution in [2.45, 2.75) is 25.8 Å². The Labute approximate surface area is 136 Å². The minimum Gasteiger partial charge on any atom is -0.384 e. The fraction of sp³-hybridized carbons (Fsp3) is 0.471. The highest BCUT2D eigenvalue weighted by Gasteiger charge is 2.32. The van der Waals surface area contributed by atoms with E-state index < -0.39 is 0 Å². The minimum absolute atomic E-state index is 0.530. The molecule has 0 bridgehead atoms. The summed E-state index contributed by atoms with van der Waals surface area (Å²) < 4.78 is 0. The molecular formula is C17H22N6. The molecule has 0 radical (unpaired) electrons. The van der Waals surface area contributed by atoms with Crippen LogP contribution in [0.4, 0.5) is 11.6 Å². The predicted octanol–water partition coefficient (Wildman–Crippen LogP) is 1.71. The van der Waals surface area contributed by atoms with Crippen LogP contribution in [0.5, 0.6) is 0 Å². The molecule has 2 aliphatic rings. The second-order valence-electron chi connectivity index (χ2n) is 6.38. The van der Waals surface area contributed by atoms with E-state index in [0.29, 0.717) is 5.82 Å². The van der Waals surface area contributed by atoms with Crippen molar-refractivity contribution in [1.82, 2.24) is 19.9 Å². The molecule has 2 N–H and O–H groups in total. The lowest BCUT2D eigenvalue weighted by atomic mass is 10.1. The van der Waals surface area contributed by atoms with Crippen LogP contribution in [0.25, 0.3) is 11.1 Å². The van der Waals surface area contributed by atoms with Crippen LogP contribution in [0.2, 0.25) is 0 Å². The molecule has 3 heterocycles. The van der Waals surface area contributed by atoms with Crippen molar-refractivity contribution >= 4 is 11.6 Å². The van der Waals surface area contributed by atoms with Crippen molar-refractivity contribution in [1.29, 1.82) is 0 Å². The minimum atomic E-state index is 0.530. The van der Waals surface area contributed by atoms with Crippen molar-refractivity contribution in [3.05, 3.63) is 30.4 Å². The highest BCUT2D eigenvalue weighted by atomic mass is 15.3. The number of nitrogens with zero attached hydrogens (tertiary/aromatic N) is 5. The van der Waals surface area contributed by atoms with Gasteiger partial charge in [0.25, 0.3) is 0 Å². The molecule has 0 aromatic carbocycles. The standard InChI is InChI=1S/C17H22N6/c1-12-16(13-2-5-15(18)19-10-13)17(21-11-20-12)23-8-6-22(7-9-23)14-3-4-14/h2,5,10-11,14H,3-4,6-9H2,1H3,(H2,18,19). The molecule has 120 valence electrons. The molecule has 1 saturated carbocycles. The summed E-state index contributed by atoms with van der Waals surface area (Å²) in [6, 6.07) is 4.67. The highest BCUT2D eigenvalue weighted by Crippen LogP contribution is 2.33. The summed E-state index contributed by atoms with van der Waals surface area (Å²) in [5.74, 6) is 1.54. The zero-order valence-electron chi connectivity index (χ0n) is 13.4. The summed E-state index contributed by atoms with van der Waals surface area (Å²) in [7, 11) is 0. The van der Waals surface area contributed by atoms with E-state index >= 15 is 0 Å². The largest absolute Gasteiger partial charge is 0.384 e. The average molecular weight is 310 g/mol. The molecule has 1 aliphatic carbocycles. The van der Waals surface area contributed by atoms with Crippen LogP contribution in [-0.4, -0.2) is 52.1 Å². The first kappa shape index (κ1) is 14.4. The normalized spacial score (nSPS) is 19.1. The Hall–Kier alpha value is -2.21. The van der Waals surface area contributed by atoms with E-state index in [2.05, 4.69) is 24.8 Å². The zero-order valence-corrected chi connectivity index (χ0v) is 13.4.